The molecule has 20 heavy (non-hydrogen) atoms. The standard InChI is InChI=1S/C13H33N3O3Si/c1-5-13(16-12-11-15-10-9-14)20(17-6-2,18-7-3)19-8-4/h13,15-16H,5-12,14H2,1-4H3. The van der Waals surface area contributed by atoms with Crippen molar-refractivity contribution in [2.24, 2.45) is 5.73 Å². The summed E-state index contributed by atoms with van der Waals surface area (Å²) in [4.78, 5) is 0. The van der Waals surface area contributed by atoms with Crippen molar-refractivity contribution in [1.29, 1.82) is 0 Å². The molecule has 0 spiro atoms. The van der Waals surface area contributed by atoms with E-state index in [1.807, 2.05) is 20.8 Å². The van der Waals surface area contributed by atoms with Crippen LogP contribution in [0.1, 0.15) is 34.1 Å². The van der Waals surface area contributed by atoms with E-state index in [9.17, 15) is 0 Å². The molecule has 0 fully saturated rings. The Morgan fingerprint density at radius 1 is 0.900 bits per heavy atom. The van der Waals surface area contributed by atoms with Crippen LogP contribution in [-0.2, 0) is 13.3 Å². The van der Waals surface area contributed by atoms with Gasteiger partial charge in [0.05, 0.1) is 5.67 Å². The minimum Gasteiger partial charge on any atom is -0.373 e. The van der Waals surface area contributed by atoms with Gasteiger partial charge in [0, 0.05) is 46.0 Å². The molecule has 0 heterocycles. The van der Waals surface area contributed by atoms with E-state index in [-0.39, 0.29) is 5.67 Å². The maximum absolute atomic E-state index is 5.93. The quantitative estimate of drug-likeness (QED) is 0.320. The molecule has 0 aliphatic heterocycles. The van der Waals surface area contributed by atoms with Crippen LogP contribution in [0.5, 0.6) is 0 Å². The monoisotopic (exact) mass is 307 g/mol. The molecule has 0 aliphatic rings. The van der Waals surface area contributed by atoms with Gasteiger partial charge in [-0.2, -0.15) is 0 Å². The summed E-state index contributed by atoms with van der Waals surface area (Å²) in [5.41, 5.74) is 5.58. The molecule has 0 aromatic carbocycles. The van der Waals surface area contributed by atoms with E-state index in [0.29, 0.717) is 26.4 Å². The Bertz CT molecular complexity index is 206. The smallest absolute Gasteiger partial charge is 0.373 e. The van der Waals surface area contributed by atoms with Crippen LogP contribution in [0.4, 0.5) is 0 Å². The lowest BCUT2D eigenvalue weighted by Crippen LogP contribution is -2.62. The summed E-state index contributed by atoms with van der Waals surface area (Å²) in [6, 6.07) is 0. The van der Waals surface area contributed by atoms with Gasteiger partial charge in [0.2, 0.25) is 0 Å². The molecule has 1 unspecified atom stereocenters. The van der Waals surface area contributed by atoms with Crippen molar-refractivity contribution in [3.63, 3.8) is 0 Å². The normalized spacial score (nSPS) is 13.7. The van der Waals surface area contributed by atoms with Gasteiger partial charge in [0.25, 0.3) is 0 Å². The molecule has 0 aromatic heterocycles. The van der Waals surface area contributed by atoms with Gasteiger partial charge >= 0.3 is 8.80 Å². The average Bonchev–Trinajstić information content (AvgIpc) is 2.43. The maximum Gasteiger partial charge on any atom is 0.518 e. The first-order valence-corrected chi connectivity index (χ1v) is 9.56. The molecule has 0 amide bonds. The highest BCUT2D eigenvalue weighted by atomic mass is 28.4. The zero-order valence-corrected chi connectivity index (χ0v) is 14.5. The van der Waals surface area contributed by atoms with Crippen molar-refractivity contribution in [1.82, 2.24) is 10.6 Å². The highest BCUT2D eigenvalue weighted by Crippen LogP contribution is 2.17. The molecule has 4 N–H and O–H groups in total. The largest absolute Gasteiger partial charge is 0.518 e. The van der Waals surface area contributed by atoms with Crippen molar-refractivity contribution in [3.8, 4) is 0 Å². The Kier molecular flexibility index (Phi) is 12.7. The molecule has 0 bridgehead atoms. The van der Waals surface area contributed by atoms with Gasteiger partial charge in [-0.3, -0.25) is 0 Å². The van der Waals surface area contributed by atoms with Crippen molar-refractivity contribution in [3.05, 3.63) is 0 Å². The molecule has 1 atom stereocenters. The Hall–Kier alpha value is -0.0231. The van der Waals surface area contributed by atoms with E-state index in [2.05, 4.69) is 17.6 Å². The van der Waals surface area contributed by atoms with Gasteiger partial charge in [-0.1, -0.05) is 6.92 Å². The summed E-state index contributed by atoms with van der Waals surface area (Å²) in [7, 11) is -2.66. The number of nitrogens with one attached hydrogen (secondary N) is 2. The first-order chi connectivity index (χ1) is 9.70. The van der Waals surface area contributed by atoms with Crippen molar-refractivity contribution < 1.29 is 13.3 Å². The van der Waals surface area contributed by atoms with E-state index in [0.717, 1.165) is 26.1 Å². The molecule has 7 heteroatoms. The minimum atomic E-state index is -2.66. The van der Waals surface area contributed by atoms with Crippen LogP contribution in [-0.4, -0.2) is 60.5 Å². The average molecular weight is 308 g/mol. The van der Waals surface area contributed by atoms with Crippen molar-refractivity contribution in [2.45, 2.75) is 39.8 Å². The maximum atomic E-state index is 5.93. The molecule has 0 radical (unpaired) electrons. The van der Waals surface area contributed by atoms with Gasteiger partial charge in [0.15, 0.2) is 0 Å². The molecule has 0 aliphatic carbocycles. The van der Waals surface area contributed by atoms with Crippen LogP contribution in [0.3, 0.4) is 0 Å². The third-order valence-corrected chi connectivity index (χ3v) is 6.42. The number of hydrogen-bond acceptors (Lipinski definition) is 6. The van der Waals surface area contributed by atoms with Crippen LogP contribution in [0.2, 0.25) is 0 Å². The predicted molar refractivity (Wildman–Crippen MR) is 84.6 cm³/mol. The molecule has 0 saturated heterocycles. The molecule has 0 rings (SSSR count). The first-order valence-electron chi connectivity index (χ1n) is 7.76. The summed E-state index contributed by atoms with van der Waals surface area (Å²) in [6.45, 7) is 13.1. The SMILES string of the molecule is CCO[Si](OCC)(OCC)C(CC)NCCNCCN. The van der Waals surface area contributed by atoms with Gasteiger partial charge in [0.1, 0.15) is 0 Å². The van der Waals surface area contributed by atoms with E-state index in [1.165, 1.54) is 0 Å². The summed E-state index contributed by atoms with van der Waals surface area (Å²) in [6.07, 6.45) is 0.920. The van der Waals surface area contributed by atoms with Crippen LogP contribution in [0, 0.1) is 0 Å². The number of hydrogen-bond donors (Lipinski definition) is 3. The minimum absolute atomic E-state index is 0.127. The summed E-state index contributed by atoms with van der Waals surface area (Å²) in [5, 5.41) is 6.77. The van der Waals surface area contributed by atoms with E-state index >= 15 is 0 Å². The Labute approximate surface area is 125 Å². The summed E-state index contributed by atoms with van der Waals surface area (Å²) in [5.74, 6) is 0. The Morgan fingerprint density at radius 2 is 1.45 bits per heavy atom. The van der Waals surface area contributed by atoms with Gasteiger partial charge in [-0.25, -0.2) is 0 Å². The van der Waals surface area contributed by atoms with Crippen molar-refractivity contribution >= 4 is 8.80 Å². The summed E-state index contributed by atoms with van der Waals surface area (Å²) < 4.78 is 17.8. The van der Waals surface area contributed by atoms with Crippen LogP contribution < -0.4 is 16.4 Å². The lowest BCUT2D eigenvalue weighted by molar-refractivity contribution is 0.0574. The van der Waals surface area contributed by atoms with E-state index < -0.39 is 8.80 Å². The third-order valence-electron chi connectivity index (χ3n) is 2.89. The van der Waals surface area contributed by atoms with Crippen molar-refractivity contribution in [2.75, 3.05) is 46.0 Å². The lowest BCUT2D eigenvalue weighted by atomic mass is 10.4. The lowest BCUT2D eigenvalue weighted by Gasteiger charge is -2.35. The van der Waals surface area contributed by atoms with Crippen LogP contribution >= 0.6 is 0 Å². The second-order valence-electron chi connectivity index (χ2n) is 4.36. The Balaban J connectivity index is 4.53. The molecular formula is C13H33N3O3Si. The predicted octanol–water partition coefficient (Wildman–Crippen LogP) is 0.491. The molecule has 0 aromatic rings. The first kappa shape index (κ1) is 20.0. The highest BCUT2D eigenvalue weighted by molar-refractivity contribution is 6.62. The number of rotatable bonds is 14. The fourth-order valence-corrected chi connectivity index (χ4v) is 5.07. The van der Waals surface area contributed by atoms with Gasteiger partial charge in [-0.05, 0) is 27.2 Å². The molecule has 6 nitrogen and oxygen atoms in total. The van der Waals surface area contributed by atoms with E-state index in [1.54, 1.807) is 0 Å². The third kappa shape index (κ3) is 7.12. The second kappa shape index (κ2) is 12.7. The fourth-order valence-electron chi connectivity index (χ4n) is 2.11. The molecule has 122 valence electrons. The highest BCUT2D eigenvalue weighted by Gasteiger charge is 2.48. The summed E-state index contributed by atoms with van der Waals surface area (Å²) >= 11 is 0. The fraction of sp³-hybridized carbons (Fsp3) is 1.00. The van der Waals surface area contributed by atoms with Gasteiger partial charge in [-0.15, -0.1) is 0 Å². The van der Waals surface area contributed by atoms with Crippen LogP contribution in [0.25, 0.3) is 0 Å². The number of nitrogens with two attached hydrogens (primary N) is 1. The molecule has 0 saturated carbocycles. The van der Waals surface area contributed by atoms with Gasteiger partial charge < -0.3 is 29.6 Å². The Morgan fingerprint density at radius 3 is 1.85 bits per heavy atom. The second-order valence-corrected chi connectivity index (χ2v) is 7.13. The van der Waals surface area contributed by atoms with Crippen LogP contribution in [0.15, 0.2) is 0 Å². The van der Waals surface area contributed by atoms with E-state index in [4.69, 9.17) is 19.0 Å². The molecular weight excluding hydrogens is 274 g/mol. The topological polar surface area (TPSA) is 77.8 Å². The zero-order valence-electron chi connectivity index (χ0n) is 13.5. The zero-order chi connectivity index (χ0) is 15.3.